The zero-order chi connectivity index (χ0) is 10.1. The van der Waals surface area contributed by atoms with Crippen LogP contribution in [0.25, 0.3) is 10.4 Å². The Morgan fingerprint density at radius 3 is 2.57 bits per heavy atom. The van der Waals surface area contributed by atoms with Gasteiger partial charge in [0.15, 0.2) is 0 Å². The van der Waals surface area contributed by atoms with E-state index >= 15 is 0 Å². The Labute approximate surface area is 85.7 Å². The van der Waals surface area contributed by atoms with Gasteiger partial charge >= 0.3 is 0 Å². The van der Waals surface area contributed by atoms with E-state index < -0.39 is 0 Å². The molecule has 0 bridgehead atoms. The molecule has 0 unspecified atom stereocenters. The fraction of sp³-hybridized carbons (Fsp3) is 0.111. The molecule has 1 aromatic carbocycles. The molecular weight excluding hydrogens is 196 g/mol. The molecule has 2 aromatic rings. The summed E-state index contributed by atoms with van der Waals surface area (Å²) in [6.07, 6.45) is 1.70. The van der Waals surface area contributed by atoms with Gasteiger partial charge in [-0.1, -0.05) is 4.49 Å². The Morgan fingerprint density at radius 1 is 1.21 bits per heavy atom. The third kappa shape index (κ3) is 1.31. The first-order valence-corrected chi connectivity index (χ1v) is 4.90. The zero-order valence-electron chi connectivity index (χ0n) is 7.69. The average Bonchev–Trinajstić information content (AvgIpc) is 2.65. The Bertz CT molecular complexity index is 450. The number of benzene rings is 1. The maximum Gasteiger partial charge on any atom is 0.0777 e. The lowest BCUT2D eigenvalue weighted by molar-refractivity contribution is 1.16. The summed E-state index contributed by atoms with van der Waals surface area (Å²) in [6, 6.07) is 3.61. The van der Waals surface area contributed by atoms with Crippen LogP contribution in [0.5, 0.6) is 0 Å². The van der Waals surface area contributed by atoms with Crippen molar-refractivity contribution in [3.8, 4) is 10.4 Å². The van der Waals surface area contributed by atoms with Gasteiger partial charge in [0.1, 0.15) is 0 Å². The van der Waals surface area contributed by atoms with Crippen molar-refractivity contribution in [1.82, 2.24) is 9.59 Å². The number of nitrogen functional groups attached to an aromatic ring is 2. The number of hydrogen-bond donors (Lipinski definition) is 2. The highest BCUT2D eigenvalue weighted by atomic mass is 32.1. The van der Waals surface area contributed by atoms with Crippen LogP contribution in [0.2, 0.25) is 0 Å². The number of anilines is 2. The van der Waals surface area contributed by atoms with Gasteiger partial charge in [-0.3, -0.25) is 0 Å². The highest BCUT2D eigenvalue weighted by Crippen LogP contribution is 2.33. The number of nitrogens with two attached hydrogens (primary N) is 2. The van der Waals surface area contributed by atoms with Crippen molar-refractivity contribution in [3.05, 3.63) is 23.9 Å². The molecule has 1 heterocycles. The van der Waals surface area contributed by atoms with Gasteiger partial charge in [0.05, 0.1) is 11.1 Å². The average molecular weight is 206 g/mol. The predicted octanol–water partition coefficient (Wildman–Crippen LogP) is 1.68. The summed E-state index contributed by atoms with van der Waals surface area (Å²) in [4.78, 5) is 0.951. The first kappa shape index (κ1) is 8.96. The smallest absolute Gasteiger partial charge is 0.0777 e. The third-order valence-corrected chi connectivity index (χ3v) is 2.83. The second-order valence-electron chi connectivity index (χ2n) is 3.03. The maximum absolute atomic E-state index is 5.88. The zero-order valence-corrected chi connectivity index (χ0v) is 8.51. The molecule has 14 heavy (non-hydrogen) atoms. The molecule has 0 saturated carbocycles. The Morgan fingerprint density at radius 2 is 1.93 bits per heavy atom. The van der Waals surface area contributed by atoms with Crippen LogP contribution < -0.4 is 11.5 Å². The number of nitrogens with zero attached hydrogens (tertiary/aromatic N) is 2. The van der Waals surface area contributed by atoms with Gasteiger partial charge in [0.25, 0.3) is 0 Å². The number of aromatic nitrogens is 2. The lowest BCUT2D eigenvalue weighted by atomic mass is 10.0. The van der Waals surface area contributed by atoms with Gasteiger partial charge in [-0.15, -0.1) is 5.10 Å². The minimum Gasteiger partial charge on any atom is -0.398 e. The molecular formula is C9H10N4S. The van der Waals surface area contributed by atoms with Crippen molar-refractivity contribution in [3.63, 3.8) is 0 Å². The topological polar surface area (TPSA) is 77.8 Å². The van der Waals surface area contributed by atoms with Crippen LogP contribution in [-0.4, -0.2) is 9.59 Å². The van der Waals surface area contributed by atoms with Crippen LogP contribution in [0.3, 0.4) is 0 Å². The molecule has 0 aliphatic rings. The Hall–Kier alpha value is -1.62. The summed E-state index contributed by atoms with van der Waals surface area (Å²) in [6.45, 7) is 1.95. The lowest BCUT2D eigenvalue weighted by Gasteiger charge is -2.08. The molecule has 4 nitrogen and oxygen atoms in total. The van der Waals surface area contributed by atoms with Crippen LogP contribution in [0, 0.1) is 6.92 Å². The first-order valence-electron chi connectivity index (χ1n) is 4.12. The summed E-state index contributed by atoms with van der Waals surface area (Å²) >= 11 is 1.32. The standard InChI is InChI=1S/C9H10N4S/c1-5-6(10)2-3-7(11)9(5)8-4-12-13-14-8/h2-4H,10-11H2,1H3. The summed E-state index contributed by atoms with van der Waals surface area (Å²) in [5.74, 6) is 0. The number of hydrogen-bond acceptors (Lipinski definition) is 5. The van der Waals surface area contributed by atoms with Crippen LogP contribution in [0.4, 0.5) is 11.4 Å². The highest BCUT2D eigenvalue weighted by molar-refractivity contribution is 7.09. The van der Waals surface area contributed by atoms with Gasteiger partial charge in [-0.25, -0.2) is 0 Å². The van der Waals surface area contributed by atoms with Crippen LogP contribution in [0.1, 0.15) is 5.56 Å². The van der Waals surface area contributed by atoms with E-state index in [-0.39, 0.29) is 0 Å². The summed E-state index contributed by atoms with van der Waals surface area (Å²) in [5, 5.41) is 3.78. The van der Waals surface area contributed by atoms with Crippen LogP contribution in [0.15, 0.2) is 18.3 Å². The second-order valence-corrected chi connectivity index (χ2v) is 3.81. The molecule has 4 N–H and O–H groups in total. The van der Waals surface area contributed by atoms with E-state index in [0.717, 1.165) is 21.7 Å². The number of rotatable bonds is 1. The monoisotopic (exact) mass is 206 g/mol. The third-order valence-electron chi connectivity index (χ3n) is 2.15. The largest absolute Gasteiger partial charge is 0.398 e. The molecule has 0 amide bonds. The Kier molecular flexibility index (Phi) is 2.09. The first-order chi connectivity index (χ1) is 6.70. The molecule has 0 atom stereocenters. The van der Waals surface area contributed by atoms with Gasteiger partial charge in [-0.05, 0) is 36.2 Å². The van der Waals surface area contributed by atoms with Crippen molar-refractivity contribution >= 4 is 22.9 Å². The fourth-order valence-corrected chi connectivity index (χ4v) is 1.99. The van der Waals surface area contributed by atoms with Crippen molar-refractivity contribution in [1.29, 1.82) is 0 Å². The lowest BCUT2D eigenvalue weighted by Crippen LogP contribution is -1.96. The van der Waals surface area contributed by atoms with E-state index in [1.165, 1.54) is 11.5 Å². The molecule has 0 radical (unpaired) electrons. The van der Waals surface area contributed by atoms with E-state index in [1.807, 2.05) is 13.0 Å². The molecule has 0 spiro atoms. The Balaban J connectivity index is 2.69. The van der Waals surface area contributed by atoms with Crippen molar-refractivity contribution < 1.29 is 0 Å². The molecule has 0 aliphatic carbocycles. The van der Waals surface area contributed by atoms with Crippen molar-refractivity contribution in [2.45, 2.75) is 6.92 Å². The molecule has 0 fully saturated rings. The van der Waals surface area contributed by atoms with Gasteiger partial charge in [0, 0.05) is 16.9 Å². The molecule has 0 saturated heterocycles. The molecule has 2 rings (SSSR count). The van der Waals surface area contributed by atoms with Crippen LogP contribution in [-0.2, 0) is 0 Å². The molecule has 1 aromatic heterocycles. The summed E-state index contributed by atoms with van der Waals surface area (Å²) < 4.78 is 3.81. The van der Waals surface area contributed by atoms with Crippen molar-refractivity contribution in [2.24, 2.45) is 0 Å². The summed E-state index contributed by atoms with van der Waals surface area (Å²) in [7, 11) is 0. The second kappa shape index (κ2) is 3.26. The molecule has 5 heteroatoms. The maximum atomic E-state index is 5.88. The summed E-state index contributed by atoms with van der Waals surface area (Å²) in [5.41, 5.74) is 15.1. The predicted molar refractivity (Wildman–Crippen MR) is 58.9 cm³/mol. The SMILES string of the molecule is Cc1c(N)ccc(N)c1-c1cnns1. The van der Waals surface area contributed by atoms with Gasteiger partial charge < -0.3 is 11.5 Å². The highest BCUT2D eigenvalue weighted by Gasteiger charge is 2.10. The minimum atomic E-state index is 0.711. The van der Waals surface area contributed by atoms with E-state index in [9.17, 15) is 0 Å². The van der Waals surface area contributed by atoms with Crippen molar-refractivity contribution in [2.75, 3.05) is 11.5 Å². The van der Waals surface area contributed by atoms with E-state index in [1.54, 1.807) is 12.3 Å². The molecule has 72 valence electrons. The minimum absolute atomic E-state index is 0.711. The van der Waals surface area contributed by atoms with Gasteiger partial charge in [0.2, 0.25) is 0 Å². The fourth-order valence-electron chi connectivity index (χ4n) is 1.35. The van der Waals surface area contributed by atoms with Gasteiger partial charge in [-0.2, -0.15) is 0 Å². The quantitative estimate of drug-likeness (QED) is 0.696. The van der Waals surface area contributed by atoms with E-state index in [4.69, 9.17) is 11.5 Å². The van der Waals surface area contributed by atoms with Crippen LogP contribution >= 0.6 is 11.5 Å². The molecule has 0 aliphatic heterocycles. The normalized spacial score (nSPS) is 10.4. The van der Waals surface area contributed by atoms with E-state index in [0.29, 0.717) is 5.69 Å². The van der Waals surface area contributed by atoms with E-state index in [2.05, 4.69) is 9.59 Å².